The average Bonchev–Trinajstić information content (AvgIpc) is 3.63. The summed E-state index contributed by atoms with van der Waals surface area (Å²) in [5.41, 5.74) is 2.70. The van der Waals surface area contributed by atoms with Crippen molar-refractivity contribution in [2.75, 3.05) is 32.9 Å². The summed E-state index contributed by atoms with van der Waals surface area (Å²) in [6, 6.07) is 9.37. The summed E-state index contributed by atoms with van der Waals surface area (Å²) in [6.45, 7) is 3.25. The van der Waals surface area contributed by atoms with E-state index in [9.17, 15) is 22.8 Å². The number of benzene rings is 1. The highest BCUT2D eigenvalue weighted by atomic mass is 32.2. The van der Waals surface area contributed by atoms with Gasteiger partial charge < -0.3 is 14.8 Å². The Balaban J connectivity index is 1.57. The van der Waals surface area contributed by atoms with Crippen LogP contribution >= 0.6 is 0 Å². The molecule has 1 fully saturated rings. The normalized spacial score (nSPS) is 16.0. The van der Waals surface area contributed by atoms with Crippen LogP contribution in [0.15, 0.2) is 35.1 Å². The van der Waals surface area contributed by atoms with Crippen LogP contribution in [-0.4, -0.2) is 66.9 Å². The molecule has 1 aromatic carbocycles. The van der Waals surface area contributed by atoms with Crippen molar-refractivity contribution in [3.05, 3.63) is 68.6 Å². The summed E-state index contributed by atoms with van der Waals surface area (Å²) >= 11 is 0. The molecule has 182 valence electrons. The number of pyridine rings is 1. The zero-order valence-electron chi connectivity index (χ0n) is 19.7. The second-order valence-electron chi connectivity index (χ2n) is 9.14. The van der Waals surface area contributed by atoms with Crippen LogP contribution in [0.5, 0.6) is 0 Å². The number of nitrogens with one attached hydrogen (secondary N) is 1. The van der Waals surface area contributed by atoms with E-state index in [1.54, 1.807) is 11.0 Å². The molecular formula is C24H30N4O5S. The molecule has 1 aliphatic heterocycles. The first-order valence-electron chi connectivity index (χ1n) is 11.4. The van der Waals surface area contributed by atoms with Gasteiger partial charge in [-0.15, -0.1) is 0 Å². The Labute approximate surface area is 199 Å². The molecule has 2 heterocycles. The molecule has 0 bridgehead atoms. The number of aryl methyl sites for hydroxylation is 1. The topological polar surface area (TPSA) is 109 Å². The molecule has 0 radical (unpaired) electrons. The van der Waals surface area contributed by atoms with E-state index in [1.165, 1.54) is 15.9 Å². The van der Waals surface area contributed by atoms with E-state index >= 15 is 0 Å². The predicted molar refractivity (Wildman–Crippen MR) is 128 cm³/mol. The lowest BCUT2D eigenvalue weighted by Crippen LogP contribution is -2.49. The number of fused-ring (bicyclic) bond motifs is 1. The molecule has 2 aromatic rings. The lowest BCUT2D eigenvalue weighted by atomic mass is 10.0. The Hall–Kier alpha value is -2.98. The number of likely N-dealkylation sites (N-methyl/N-ethyl adjacent to an activating group) is 1. The SMILES string of the molecule is Cc1ccc(CNC(=O)c2cc(C3CC3)c3n(c2=O)CCN(CCN(C)S(C)(=O)=O)C3=O)cc1. The fourth-order valence-corrected chi connectivity index (χ4v) is 4.52. The minimum atomic E-state index is -3.35. The maximum Gasteiger partial charge on any atom is 0.270 e. The Morgan fingerprint density at radius 3 is 2.44 bits per heavy atom. The van der Waals surface area contributed by atoms with Crippen molar-refractivity contribution >= 4 is 21.8 Å². The van der Waals surface area contributed by atoms with Crippen LogP contribution in [0.3, 0.4) is 0 Å². The number of carbonyl (C=O) groups excluding carboxylic acids is 2. The fourth-order valence-electron chi connectivity index (χ4n) is 4.11. The Kier molecular flexibility index (Phi) is 6.64. The third kappa shape index (κ3) is 5.07. The van der Waals surface area contributed by atoms with Gasteiger partial charge in [0.25, 0.3) is 17.4 Å². The highest BCUT2D eigenvalue weighted by Gasteiger charge is 2.36. The van der Waals surface area contributed by atoms with E-state index in [0.717, 1.165) is 35.8 Å². The smallest absolute Gasteiger partial charge is 0.270 e. The van der Waals surface area contributed by atoms with Gasteiger partial charge in [0.2, 0.25) is 10.0 Å². The number of sulfonamides is 1. The number of nitrogens with zero attached hydrogens (tertiary/aromatic N) is 3. The van der Waals surface area contributed by atoms with E-state index < -0.39 is 21.5 Å². The number of amides is 2. The van der Waals surface area contributed by atoms with Crippen molar-refractivity contribution in [1.29, 1.82) is 0 Å². The molecule has 0 saturated heterocycles. The van der Waals surface area contributed by atoms with E-state index in [-0.39, 0.29) is 43.6 Å². The quantitative estimate of drug-likeness (QED) is 0.605. The van der Waals surface area contributed by atoms with Gasteiger partial charge in [-0.1, -0.05) is 29.8 Å². The van der Waals surface area contributed by atoms with Gasteiger partial charge in [0.1, 0.15) is 11.3 Å². The van der Waals surface area contributed by atoms with Crippen molar-refractivity contribution < 1.29 is 18.0 Å². The molecule has 10 heteroatoms. The van der Waals surface area contributed by atoms with Crippen molar-refractivity contribution in [2.45, 2.75) is 38.8 Å². The van der Waals surface area contributed by atoms with Crippen LogP contribution in [0.1, 0.15) is 56.3 Å². The van der Waals surface area contributed by atoms with E-state index in [2.05, 4.69) is 5.32 Å². The first-order chi connectivity index (χ1) is 16.1. The predicted octanol–water partition coefficient (Wildman–Crippen LogP) is 1.31. The number of carbonyl (C=O) groups is 2. The second kappa shape index (κ2) is 9.34. The lowest BCUT2D eigenvalue weighted by molar-refractivity contribution is 0.0691. The van der Waals surface area contributed by atoms with Crippen LogP contribution in [-0.2, 0) is 23.1 Å². The number of rotatable bonds is 8. The first-order valence-corrected chi connectivity index (χ1v) is 13.2. The van der Waals surface area contributed by atoms with Crippen LogP contribution in [0, 0.1) is 6.92 Å². The lowest BCUT2D eigenvalue weighted by Gasteiger charge is -2.32. The fraction of sp³-hybridized carbons (Fsp3) is 0.458. The molecule has 4 rings (SSSR count). The minimum absolute atomic E-state index is 0.0517. The maximum absolute atomic E-state index is 13.3. The Bertz CT molecular complexity index is 1280. The highest BCUT2D eigenvalue weighted by molar-refractivity contribution is 7.88. The zero-order chi connectivity index (χ0) is 24.6. The average molecular weight is 487 g/mol. The minimum Gasteiger partial charge on any atom is -0.348 e. The second-order valence-corrected chi connectivity index (χ2v) is 11.2. The van der Waals surface area contributed by atoms with Gasteiger partial charge in [-0.25, -0.2) is 12.7 Å². The summed E-state index contributed by atoms with van der Waals surface area (Å²) < 4.78 is 26.0. The van der Waals surface area contributed by atoms with Crippen molar-refractivity contribution in [2.24, 2.45) is 0 Å². The van der Waals surface area contributed by atoms with Gasteiger partial charge in [0.15, 0.2) is 0 Å². The molecule has 0 spiro atoms. The molecule has 9 nitrogen and oxygen atoms in total. The molecule has 0 atom stereocenters. The van der Waals surface area contributed by atoms with Gasteiger partial charge >= 0.3 is 0 Å². The molecular weight excluding hydrogens is 456 g/mol. The van der Waals surface area contributed by atoms with Crippen LogP contribution < -0.4 is 10.9 Å². The van der Waals surface area contributed by atoms with Gasteiger partial charge in [0, 0.05) is 39.8 Å². The molecule has 1 aromatic heterocycles. The molecule has 34 heavy (non-hydrogen) atoms. The number of hydrogen-bond acceptors (Lipinski definition) is 5. The summed E-state index contributed by atoms with van der Waals surface area (Å²) in [5.74, 6) is -0.598. The summed E-state index contributed by atoms with van der Waals surface area (Å²) in [7, 11) is -1.88. The molecule has 2 aliphatic rings. The van der Waals surface area contributed by atoms with Crippen LogP contribution in [0.25, 0.3) is 0 Å². The molecule has 1 saturated carbocycles. The van der Waals surface area contributed by atoms with Crippen LogP contribution in [0.2, 0.25) is 0 Å². The van der Waals surface area contributed by atoms with Gasteiger partial charge in [-0.05, 0) is 42.9 Å². The summed E-state index contributed by atoms with van der Waals surface area (Å²) in [5, 5.41) is 2.83. The van der Waals surface area contributed by atoms with Gasteiger partial charge in [-0.3, -0.25) is 14.4 Å². The maximum atomic E-state index is 13.3. The van der Waals surface area contributed by atoms with Crippen molar-refractivity contribution in [3.8, 4) is 0 Å². The monoisotopic (exact) mass is 486 g/mol. The van der Waals surface area contributed by atoms with Gasteiger partial charge in [-0.2, -0.15) is 0 Å². The molecule has 2 amide bonds. The Morgan fingerprint density at radius 1 is 1.15 bits per heavy atom. The Morgan fingerprint density at radius 2 is 1.82 bits per heavy atom. The standard InChI is InChI=1S/C24H30N4O5S/c1-16-4-6-17(7-5-16)15-25-22(29)20-14-19(18-8-9-18)21-24(31)27(12-13-28(21)23(20)30)11-10-26(2)34(3,32)33/h4-7,14,18H,8-13,15H2,1-3H3,(H,25,29). The van der Waals surface area contributed by atoms with E-state index in [1.807, 2.05) is 31.2 Å². The number of aromatic nitrogens is 1. The van der Waals surface area contributed by atoms with E-state index in [0.29, 0.717) is 12.2 Å². The van der Waals surface area contributed by atoms with Crippen LogP contribution in [0.4, 0.5) is 0 Å². The molecule has 1 aliphatic carbocycles. The molecule has 0 unspecified atom stereocenters. The third-order valence-corrected chi connectivity index (χ3v) is 7.80. The summed E-state index contributed by atoms with van der Waals surface area (Å²) in [4.78, 5) is 41.0. The summed E-state index contributed by atoms with van der Waals surface area (Å²) in [6.07, 6.45) is 2.93. The molecule has 1 N–H and O–H groups in total. The largest absolute Gasteiger partial charge is 0.348 e. The van der Waals surface area contributed by atoms with Crippen molar-refractivity contribution in [3.63, 3.8) is 0 Å². The van der Waals surface area contributed by atoms with E-state index in [4.69, 9.17) is 0 Å². The zero-order valence-corrected chi connectivity index (χ0v) is 20.5. The van der Waals surface area contributed by atoms with Gasteiger partial charge in [0.05, 0.1) is 6.26 Å². The number of hydrogen-bond donors (Lipinski definition) is 1. The first kappa shape index (κ1) is 24.2. The third-order valence-electron chi connectivity index (χ3n) is 6.49. The highest BCUT2D eigenvalue weighted by Crippen LogP contribution is 2.42. The van der Waals surface area contributed by atoms with Crippen molar-refractivity contribution in [1.82, 2.24) is 19.1 Å².